The summed E-state index contributed by atoms with van der Waals surface area (Å²) >= 11 is 5.59. The van der Waals surface area contributed by atoms with Crippen LogP contribution in [0.5, 0.6) is 0 Å². The second-order valence-corrected chi connectivity index (χ2v) is 4.23. The molecule has 82 valence electrons. The first kappa shape index (κ1) is 12.0. The second-order valence-electron chi connectivity index (χ2n) is 4.01. The first-order chi connectivity index (χ1) is 6.77. The molecule has 1 aliphatic rings. The van der Waals surface area contributed by atoms with Gasteiger partial charge in [-0.25, -0.2) is 0 Å². The van der Waals surface area contributed by atoms with Crippen molar-refractivity contribution in [2.24, 2.45) is 0 Å². The van der Waals surface area contributed by atoms with Gasteiger partial charge >= 0.3 is 0 Å². The van der Waals surface area contributed by atoms with Crippen molar-refractivity contribution < 1.29 is 0 Å². The average Bonchev–Trinajstić information content (AvgIpc) is 2.65. The van der Waals surface area contributed by atoms with E-state index in [-0.39, 0.29) is 0 Å². The summed E-state index contributed by atoms with van der Waals surface area (Å²) in [5.74, 6) is 0. The highest BCUT2D eigenvalue weighted by molar-refractivity contribution is 6.25. The molecule has 0 aliphatic carbocycles. The topological polar surface area (TPSA) is 15.3 Å². The van der Waals surface area contributed by atoms with Crippen molar-refractivity contribution in [1.82, 2.24) is 10.2 Å². The Morgan fingerprint density at radius 2 is 2.43 bits per heavy atom. The van der Waals surface area contributed by atoms with Crippen LogP contribution >= 0.6 is 11.6 Å². The summed E-state index contributed by atoms with van der Waals surface area (Å²) in [5.41, 5.74) is 2.85. The smallest absolute Gasteiger partial charge is 0.0221 e. The minimum atomic E-state index is 0.739. The fourth-order valence-corrected chi connectivity index (χ4v) is 2.09. The van der Waals surface area contributed by atoms with Gasteiger partial charge in [0.25, 0.3) is 0 Å². The molecule has 0 aromatic heterocycles. The number of rotatable bonds is 5. The van der Waals surface area contributed by atoms with E-state index in [4.69, 9.17) is 11.6 Å². The van der Waals surface area contributed by atoms with Gasteiger partial charge in [-0.2, -0.15) is 0 Å². The Morgan fingerprint density at radius 1 is 1.64 bits per heavy atom. The van der Waals surface area contributed by atoms with Crippen molar-refractivity contribution in [3.05, 3.63) is 11.1 Å². The molecule has 1 heterocycles. The van der Waals surface area contributed by atoms with Crippen LogP contribution in [0.15, 0.2) is 11.1 Å². The molecular weight excluding hydrogens is 196 g/mol. The lowest BCUT2D eigenvalue weighted by atomic mass is 10.2. The zero-order valence-electron chi connectivity index (χ0n) is 9.22. The van der Waals surface area contributed by atoms with Gasteiger partial charge in [0.1, 0.15) is 0 Å². The fourth-order valence-electron chi connectivity index (χ4n) is 2.02. The number of nitrogens with one attached hydrogen (secondary N) is 1. The highest BCUT2D eigenvalue weighted by atomic mass is 35.5. The highest BCUT2D eigenvalue weighted by Crippen LogP contribution is 2.15. The summed E-state index contributed by atoms with van der Waals surface area (Å²) < 4.78 is 0. The van der Waals surface area contributed by atoms with Gasteiger partial charge < -0.3 is 5.32 Å². The van der Waals surface area contributed by atoms with Crippen LogP contribution in [-0.2, 0) is 0 Å². The molecule has 1 N–H and O–H groups in total. The third-order valence-electron chi connectivity index (χ3n) is 2.88. The number of nitrogens with zero attached hydrogens (tertiary/aromatic N) is 1. The first-order valence-corrected chi connectivity index (χ1v) is 5.92. The molecule has 0 aromatic carbocycles. The van der Waals surface area contributed by atoms with Crippen molar-refractivity contribution >= 4 is 11.6 Å². The average molecular weight is 217 g/mol. The van der Waals surface area contributed by atoms with Gasteiger partial charge in [-0.05, 0) is 38.4 Å². The molecule has 0 amide bonds. The molecule has 0 aromatic rings. The Kier molecular flexibility index (Phi) is 5.53. The number of hydrogen-bond acceptors (Lipinski definition) is 2. The van der Waals surface area contributed by atoms with Crippen molar-refractivity contribution in [3.8, 4) is 0 Å². The maximum absolute atomic E-state index is 5.59. The van der Waals surface area contributed by atoms with Gasteiger partial charge in [0, 0.05) is 24.7 Å². The second kappa shape index (κ2) is 6.44. The Hall–Kier alpha value is -0.0500. The van der Waals surface area contributed by atoms with Crippen molar-refractivity contribution in [1.29, 1.82) is 0 Å². The molecule has 0 spiro atoms. The molecule has 1 rings (SSSR count). The summed E-state index contributed by atoms with van der Waals surface area (Å²) in [6, 6.07) is 0.739. The Balaban J connectivity index is 2.17. The van der Waals surface area contributed by atoms with E-state index in [1.807, 2.05) is 6.92 Å². The normalized spacial score (nSPS) is 24.5. The van der Waals surface area contributed by atoms with Gasteiger partial charge in [-0.15, -0.1) is 0 Å². The highest BCUT2D eigenvalue weighted by Gasteiger charge is 2.21. The third kappa shape index (κ3) is 3.60. The van der Waals surface area contributed by atoms with Crippen LogP contribution in [0.3, 0.4) is 0 Å². The van der Waals surface area contributed by atoms with Gasteiger partial charge in [-0.1, -0.05) is 18.5 Å². The summed E-state index contributed by atoms with van der Waals surface area (Å²) in [4.78, 5) is 2.55. The van der Waals surface area contributed by atoms with Crippen LogP contribution < -0.4 is 5.32 Å². The molecular formula is C11H21ClN2. The third-order valence-corrected chi connectivity index (χ3v) is 3.25. The van der Waals surface area contributed by atoms with Gasteiger partial charge in [0.15, 0.2) is 0 Å². The summed E-state index contributed by atoms with van der Waals surface area (Å²) in [6.07, 6.45) is 2.69. The molecule has 1 aliphatic heterocycles. The lowest BCUT2D eigenvalue weighted by Crippen LogP contribution is -2.38. The van der Waals surface area contributed by atoms with Crippen molar-refractivity contribution in [3.63, 3.8) is 0 Å². The monoisotopic (exact) mass is 216 g/mol. The quantitative estimate of drug-likeness (QED) is 0.758. The van der Waals surface area contributed by atoms with E-state index in [1.54, 1.807) is 5.54 Å². The minimum Gasteiger partial charge on any atom is -0.311 e. The van der Waals surface area contributed by atoms with Crippen LogP contribution in [-0.4, -0.2) is 37.1 Å². The maximum Gasteiger partial charge on any atom is 0.0221 e. The van der Waals surface area contributed by atoms with Crippen LogP contribution in [0.4, 0.5) is 0 Å². The largest absolute Gasteiger partial charge is 0.311 e. The predicted molar refractivity (Wildman–Crippen MR) is 62.7 cm³/mol. The Morgan fingerprint density at radius 3 is 3.07 bits per heavy atom. The zero-order valence-corrected chi connectivity index (χ0v) is 9.98. The lowest BCUT2D eigenvalue weighted by molar-refractivity contribution is 0.262. The molecule has 1 unspecified atom stereocenters. The SMILES string of the molecule is CCN1CCCC1CNCC(C)=CCl. The number of hydrogen-bond donors (Lipinski definition) is 1. The molecule has 0 saturated carbocycles. The minimum absolute atomic E-state index is 0.739. The molecule has 0 radical (unpaired) electrons. The van der Waals surface area contributed by atoms with E-state index < -0.39 is 0 Å². The number of halogens is 1. The number of likely N-dealkylation sites (tertiary alicyclic amines) is 1. The molecule has 1 atom stereocenters. The fraction of sp³-hybridized carbons (Fsp3) is 0.818. The Bertz CT molecular complexity index is 192. The molecule has 2 nitrogen and oxygen atoms in total. The maximum atomic E-state index is 5.59. The molecule has 1 fully saturated rings. The lowest BCUT2D eigenvalue weighted by Gasteiger charge is -2.22. The van der Waals surface area contributed by atoms with Crippen LogP contribution in [0.25, 0.3) is 0 Å². The van der Waals surface area contributed by atoms with Gasteiger partial charge in [0.2, 0.25) is 0 Å². The Labute approximate surface area is 92.3 Å². The molecule has 3 heteroatoms. The van der Waals surface area contributed by atoms with E-state index in [0.717, 1.165) is 19.1 Å². The molecule has 0 bridgehead atoms. The van der Waals surface area contributed by atoms with Crippen LogP contribution in [0, 0.1) is 0 Å². The van der Waals surface area contributed by atoms with Crippen molar-refractivity contribution in [2.45, 2.75) is 32.7 Å². The summed E-state index contributed by atoms with van der Waals surface area (Å²) in [5, 5.41) is 3.45. The summed E-state index contributed by atoms with van der Waals surface area (Å²) in [6.45, 7) is 8.74. The van der Waals surface area contributed by atoms with E-state index in [2.05, 4.69) is 17.1 Å². The predicted octanol–water partition coefficient (Wildman–Crippen LogP) is 2.20. The van der Waals surface area contributed by atoms with Crippen molar-refractivity contribution in [2.75, 3.05) is 26.2 Å². The van der Waals surface area contributed by atoms with Gasteiger partial charge in [-0.3, -0.25) is 4.90 Å². The molecule has 1 saturated heterocycles. The molecule has 14 heavy (non-hydrogen) atoms. The first-order valence-electron chi connectivity index (χ1n) is 5.48. The standard InChI is InChI=1S/C11H21ClN2/c1-3-14-6-4-5-11(14)9-13-8-10(2)7-12/h7,11,13H,3-6,8-9H2,1-2H3. The number of likely N-dealkylation sites (N-methyl/N-ethyl adjacent to an activating group) is 1. The van der Waals surface area contributed by atoms with E-state index in [9.17, 15) is 0 Å². The zero-order chi connectivity index (χ0) is 10.4. The van der Waals surface area contributed by atoms with E-state index in [1.165, 1.54) is 31.5 Å². The van der Waals surface area contributed by atoms with E-state index >= 15 is 0 Å². The van der Waals surface area contributed by atoms with E-state index in [0.29, 0.717) is 0 Å². The summed E-state index contributed by atoms with van der Waals surface area (Å²) in [7, 11) is 0. The van der Waals surface area contributed by atoms with Crippen LogP contribution in [0.1, 0.15) is 26.7 Å². The van der Waals surface area contributed by atoms with Crippen LogP contribution in [0.2, 0.25) is 0 Å². The van der Waals surface area contributed by atoms with Gasteiger partial charge in [0.05, 0.1) is 0 Å².